The van der Waals surface area contributed by atoms with Gasteiger partial charge in [-0.3, -0.25) is 4.90 Å². The van der Waals surface area contributed by atoms with Crippen LogP contribution in [0.25, 0.3) is 21.8 Å². The van der Waals surface area contributed by atoms with Crippen LogP contribution < -0.4 is 0 Å². The molecule has 1 unspecified atom stereocenters. The topological polar surface area (TPSA) is 52.2 Å². The van der Waals surface area contributed by atoms with E-state index in [4.69, 9.17) is 4.98 Å². The van der Waals surface area contributed by atoms with Crippen molar-refractivity contribution in [1.29, 1.82) is 0 Å². The summed E-state index contributed by atoms with van der Waals surface area (Å²) in [7, 11) is 4.04. The van der Waals surface area contributed by atoms with Gasteiger partial charge in [0.2, 0.25) is 0 Å². The number of hydrogen-bond donors (Lipinski definition) is 2. The molecule has 0 fully saturated rings. The van der Waals surface area contributed by atoms with Gasteiger partial charge in [-0.1, -0.05) is 24.3 Å². The Kier molecular flexibility index (Phi) is 2.68. The van der Waals surface area contributed by atoms with Gasteiger partial charge in [-0.05, 0) is 21.0 Å². The summed E-state index contributed by atoms with van der Waals surface area (Å²) in [6.45, 7) is 2.10. The average Bonchev–Trinajstić information content (AvgIpc) is 2.82. The van der Waals surface area contributed by atoms with Crippen molar-refractivity contribution in [3.05, 3.63) is 36.2 Å². The number of imidazole rings is 1. The lowest BCUT2D eigenvalue weighted by Crippen LogP contribution is -2.17. The van der Waals surface area contributed by atoms with Crippen LogP contribution in [0.4, 0.5) is 0 Å². The van der Waals surface area contributed by atoms with Gasteiger partial charge in [0.05, 0.1) is 17.1 Å². The van der Waals surface area contributed by atoms with Gasteiger partial charge in [-0.25, -0.2) is 4.98 Å². The number of H-pyrrole nitrogens is 1. The number of phenols is 1. The molecule has 1 atom stereocenters. The first-order valence-electron chi connectivity index (χ1n) is 6.34. The summed E-state index contributed by atoms with van der Waals surface area (Å²) in [4.78, 5) is 10.1. The first kappa shape index (κ1) is 12.0. The number of aromatic hydroxyl groups is 1. The number of phenolic OH excluding ortho intramolecular Hbond substituents is 1. The number of nitrogens with zero attached hydrogens (tertiary/aromatic N) is 2. The van der Waals surface area contributed by atoms with Gasteiger partial charge >= 0.3 is 0 Å². The van der Waals surface area contributed by atoms with E-state index < -0.39 is 0 Å². The van der Waals surface area contributed by atoms with Gasteiger partial charge < -0.3 is 10.1 Å². The maximum absolute atomic E-state index is 10.1. The highest BCUT2D eigenvalue weighted by Crippen LogP contribution is 2.32. The summed E-state index contributed by atoms with van der Waals surface area (Å²) in [5, 5.41) is 11.9. The third-order valence-corrected chi connectivity index (χ3v) is 3.66. The molecule has 19 heavy (non-hydrogen) atoms. The van der Waals surface area contributed by atoms with Gasteiger partial charge in [0.25, 0.3) is 0 Å². The van der Waals surface area contributed by atoms with Crippen molar-refractivity contribution >= 4 is 21.8 Å². The minimum atomic E-state index is 0.202. The van der Waals surface area contributed by atoms with Crippen molar-refractivity contribution in [2.24, 2.45) is 0 Å². The van der Waals surface area contributed by atoms with E-state index in [0.717, 1.165) is 27.6 Å². The number of nitrogens with one attached hydrogen (secondary N) is 1. The monoisotopic (exact) mass is 255 g/mol. The summed E-state index contributed by atoms with van der Waals surface area (Å²) in [5.74, 6) is 1.20. The van der Waals surface area contributed by atoms with E-state index in [2.05, 4.69) is 16.8 Å². The number of benzene rings is 2. The molecule has 2 aromatic carbocycles. The van der Waals surface area contributed by atoms with Crippen LogP contribution in [-0.4, -0.2) is 34.1 Å². The van der Waals surface area contributed by atoms with Crippen molar-refractivity contribution in [2.45, 2.75) is 13.0 Å². The fourth-order valence-electron chi connectivity index (χ4n) is 2.29. The van der Waals surface area contributed by atoms with Crippen LogP contribution in [0.15, 0.2) is 30.3 Å². The van der Waals surface area contributed by atoms with Gasteiger partial charge in [-0.15, -0.1) is 0 Å². The molecule has 0 saturated heterocycles. The molecule has 98 valence electrons. The predicted molar refractivity (Wildman–Crippen MR) is 77.4 cm³/mol. The van der Waals surface area contributed by atoms with Crippen LogP contribution in [0.1, 0.15) is 18.8 Å². The molecule has 4 nitrogen and oxygen atoms in total. The molecule has 0 aliphatic carbocycles. The number of rotatable bonds is 2. The third-order valence-electron chi connectivity index (χ3n) is 3.66. The standard InChI is InChI=1S/C15H17N3O/c1-9(18(2)3)15-16-12-8-13(19)10-6-4-5-7-11(10)14(12)17-15/h4-9,19H,1-3H3,(H,16,17). The van der Waals surface area contributed by atoms with Crippen LogP contribution in [0.2, 0.25) is 0 Å². The Hall–Kier alpha value is -2.07. The molecule has 0 aliphatic rings. The number of fused-ring (bicyclic) bond motifs is 3. The van der Waals surface area contributed by atoms with Crippen LogP contribution in [0.5, 0.6) is 5.75 Å². The Morgan fingerprint density at radius 2 is 1.89 bits per heavy atom. The second kappa shape index (κ2) is 4.24. The molecule has 1 aromatic heterocycles. The van der Waals surface area contributed by atoms with E-state index in [-0.39, 0.29) is 11.8 Å². The van der Waals surface area contributed by atoms with E-state index in [0.29, 0.717) is 0 Å². The Balaban J connectivity index is 2.31. The zero-order valence-corrected chi connectivity index (χ0v) is 11.3. The van der Waals surface area contributed by atoms with Gasteiger partial charge in [0, 0.05) is 16.8 Å². The van der Waals surface area contributed by atoms with Crippen LogP contribution in [0, 0.1) is 0 Å². The second-order valence-electron chi connectivity index (χ2n) is 5.10. The minimum absolute atomic E-state index is 0.202. The zero-order chi connectivity index (χ0) is 13.6. The zero-order valence-electron chi connectivity index (χ0n) is 11.3. The lowest BCUT2D eigenvalue weighted by molar-refractivity contribution is 0.310. The number of aromatic nitrogens is 2. The minimum Gasteiger partial charge on any atom is -0.507 e. The normalized spacial score (nSPS) is 13.5. The van der Waals surface area contributed by atoms with Gasteiger partial charge in [-0.2, -0.15) is 0 Å². The Morgan fingerprint density at radius 3 is 2.58 bits per heavy atom. The third kappa shape index (κ3) is 1.85. The van der Waals surface area contributed by atoms with Gasteiger partial charge in [0.1, 0.15) is 11.6 Å². The molecular weight excluding hydrogens is 238 g/mol. The molecule has 1 heterocycles. The van der Waals surface area contributed by atoms with E-state index in [1.807, 2.05) is 38.4 Å². The highest BCUT2D eigenvalue weighted by molar-refractivity contribution is 6.07. The molecule has 0 aliphatic heterocycles. The molecule has 0 amide bonds. The first-order valence-corrected chi connectivity index (χ1v) is 6.34. The fourth-order valence-corrected chi connectivity index (χ4v) is 2.29. The molecule has 4 heteroatoms. The SMILES string of the molecule is CC(c1nc2c(cc(O)c3ccccc32)[nH]1)N(C)C. The van der Waals surface area contributed by atoms with Crippen LogP contribution >= 0.6 is 0 Å². The van der Waals surface area contributed by atoms with E-state index in [1.54, 1.807) is 6.07 Å². The lowest BCUT2D eigenvalue weighted by atomic mass is 10.1. The molecule has 2 N–H and O–H groups in total. The predicted octanol–water partition coefficient (Wildman–Crippen LogP) is 3.04. The Bertz CT molecular complexity index is 746. The lowest BCUT2D eigenvalue weighted by Gasteiger charge is -2.16. The molecule has 0 radical (unpaired) electrons. The van der Waals surface area contributed by atoms with Crippen molar-refractivity contribution in [3.8, 4) is 5.75 Å². The average molecular weight is 255 g/mol. The molecule has 0 bridgehead atoms. The second-order valence-corrected chi connectivity index (χ2v) is 5.10. The fraction of sp³-hybridized carbons (Fsp3) is 0.267. The smallest absolute Gasteiger partial charge is 0.125 e. The highest BCUT2D eigenvalue weighted by atomic mass is 16.3. The summed E-state index contributed by atoms with van der Waals surface area (Å²) < 4.78 is 0. The quantitative estimate of drug-likeness (QED) is 0.740. The van der Waals surface area contributed by atoms with Crippen LogP contribution in [-0.2, 0) is 0 Å². The summed E-state index contributed by atoms with van der Waals surface area (Å²) in [6.07, 6.45) is 0. The van der Waals surface area contributed by atoms with Crippen molar-refractivity contribution < 1.29 is 5.11 Å². The van der Waals surface area contributed by atoms with Crippen molar-refractivity contribution in [2.75, 3.05) is 14.1 Å². The summed E-state index contributed by atoms with van der Waals surface area (Å²) in [6, 6.07) is 9.73. The Labute approximate surface area is 111 Å². The Morgan fingerprint density at radius 1 is 1.21 bits per heavy atom. The largest absolute Gasteiger partial charge is 0.507 e. The summed E-state index contributed by atoms with van der Waals surface area (Å²) in [5.41, 5.74) is 1.79. The van der Waals surface area contributed by atoms with Crippen molar-refractivity contribution in [1.82, 2.24) is 14.9 Å². The maximum Gasteiger partial charge on any atom is 0.125 e. The molecule has 3 rings (SSSR count). The van der Waals surface area contributed by atoms with Crippen LogP contribution in [0.3, 0.4) is 0 Å². The van der Waals surface area contributed by atoms with Crippen molar-refractivity contribution in [3.63, 3.8) is 0 Å². The number of aromatic amines is 1. The maximum atomic E-state index is 10.1. The molecule has 0 saturated carbocycles. The van der Waals surface area contributed by atoms with E-state index in [1.165, 1.54) is 0 Å². The van der Waals surface area contributed by atoms with E-state index in [9.17, 15) is 5.11 Å². The van der Waals surface area contributed by atoms with E-state index >= 15 is 0 Å². The highest BCUT2D eigenvalue weighted by Gasteiger charge is 2.15. The molecular formula is C15H17N3O. The number of hydrogen-bond acceptors (Lipinski definition) is 3. The molecule has 3 aromatic rings. The summed E-state index contributed by atoms with van der Waals surface area (Å²) >= 11 is 0. The first-order chi connectivity index (χ1) is 9.08. The molecule has 0 spiro atoms. The van der Waals surface area contributed by atoms with Gasteiger partial charge in [0.15, 0.2) is 0 Å².